The fraction of sp³-hybridized carbons (Fsp3) is 0.650. The molecule has 1 heterocycles. The average Bonchev–Trinajstić information content (AvgIpc) is 2.73. The van der Waals surface area contributed by atoms with Gasteiger partial charge in [0, 0.05) is 25.7 Å². The lowest BCUT2D eigenvalue weighted by Crippen LogP contribution is -2.49. The third-order valence-electron chi connectivity index (χ3n) is 5.76. The van der Waals surface area contributed by atoms with Crippen LogP contribution in [-0.4, -0.2) is 51.5 Å². The molecule has 0 bridgehead atoms. The van der Waals surface area contributed by atoms with Crippen LogP contribution in [-0.2, 0) is 10.0 Å². The third kappa shape index (κ3) is 5.38. The maximum absolute atomic E-state index is 12.8. The molecule has 1 saturated heterocycles. The molecule has 7 nitrogen and oxygen atoms in total. The number of sulfonamides is 1. The fourth-order valence-corrected chi connectivity index (χ4v) is 5.47. The van der Waals surface area contributed by atoms with Gasteiger partial charge in [0.2, 0.25) is 10.0 Å². The summed E-state index contributed by atoms with van der Waals surface area (Å²) in [5.74, 6) is 1.22. The second kappa shape index (κ2) is 9.60. The summed E-state index contributed by atoms with van der Waals surface area (Å²) in [6, 6.07) is 6.31. The molecular formula is C20H31N3O4S. The summed E-state index contributed by atoms with van der Waals surface area (Å²) < 4.78 is 32.1. The molecule has 1 aliphatic carbocycles. The van der Waals surface area contributed by atoms with Crippen LogP contribution in [0.3, 0.4) is 0 Å². The van der Waals surface area contributed by atoms with Crippen molar-refractivity contribution in [1.29, 1.82) is 0 Å². The first-order chi connectivity index (χ1) is 13.5. The number of hydrogen-bond donors (Lipinski definition) is 2. The number of amides is 2. The lowest BCUT2D eigenvalue weighted by atomic mass is 9.89. The number of carbonyl (C=O) groups is 1. The maximum Gasteiger partial charge on any atom is 0.315 e. The molecular weight excluding hydrogens is 378 g/mol. The third-order valence-corrected chi connectivity index (χ3v) is 7.68. The van der Waals surface area contributed by atoms with Crippen molar-refractivity contribution in [3.63, 3.8) is 0 Å². The van der Waals surface area contributed by atoms with Crippen molar-refractivity contribution in [3.8, 4) is 5.75 Å². The Bertz CT molecular complexity index is 737. The number of methoxy groups -OCH3 is 1. The molecule has 1 aliphatic heterocycles. The number of ether oxygens (including phenoxy) is 1. The van der Waals surface area contributed by atoms with Gasteiger partial charge in [-0.1, -0.05) is 19.3 Å². The Morgan fingerprint density at radius 3 is 2.32 bits per heavy atom. The van der Waals surface area contributed by atoms with Crippen LogP contribution in [0.5, 0.6) is 5.75 Å². The van der Waals surface area contributed by atoms with E-state index in [0.29, 0.717) is 37.6 Å². The molecule has 2 aliphatic rings. The molecule has 1 saturated carbocycles. The van der Waals surface area contributed by atoms with Crippen molar-refractivity contribution in [2.45, 2.75) is 55.9 Å². The van der Waals surface area contributed by atoms with Crippen LogP contribution in [0.4, 0.5) is 4.79 Å². The van der Waals surface area contributed by atoms with E-state index in [9.17, 15) is 13.2 Å². The first-order valence-electron chi connectivity index (χ1n) is 10.2. The van der Waals surface area contributed by atoms with Gasteiger partial charge in [-0.25, -0.2) is 13.2 Å². The van der Waals surface area contributed by atoms with Gasteiger partial charge < -0.3 is 15.4 Å². The summed E-state index contributed by atoms with van der Waals surface area (Å²) in [7, 11) is -1.97. The zero-order valence-electron chi connectivity index (χ0n) is 16.5. The largest absolute Gasteiger partial charge is 0.497 e. The summed E-state index contributed by atoms with van der Waals surface area (Å²) in [6.45, 7) is 1.54. The van der Waals surface area contributed by atoms with Gasteiger partial charge in [-0.2, -0.15) is 4.31 Å². The predicted octanol–water partition coefficient (Wildman–Crippen LogP) is 2.73. The van der Waals surface area contributed by atoms with Crippen molar-refractivity contribution >= 4 is 16.1 Å². The Morgan fingerprint density at radius 1 is 1.07 bits per heavy atom. The standard InChI is InChI=1S/C20H31N3O4S/c1-27-18-7-9-19(10-8-18)28(25,26)23-13-11-17(12-14-23)22-20(24)21-15-16-5-3-2-4-6-16/h7-10,16-17H,2-6,11-15H2,1H3,(H2,21,22,24). The summed E-state index contributed by atoms with van der Waals surface area (Å²) in [4.78, 5) is 12.4. The Labute approximate surface area is 167 Å². The van der Waals surface area contributed by atoms with E-state index >= 15 is 0 Å². The zero-order chi connectivity index (χ0) is 20.0. The zero-order valence-corrected chi connectivity index (χ0v) is 17.3. The van der Waals surface area contributed by atoms with Crippen molar-refractivity contribution in [2.24, 2.45) is 5.92 Å². The van der Waals surface area contributed by atoms with Gasteiger partial charge in [0.15, 0.2) is 0 Å². The molecule has 8 heteroatoms. The van der Waals surface area contributed by atoms with Crippen LogP contribution in [0.1, 0.15) is 44.9 Å². The number of benzene rings is 1. The number of nitrogens with one attached hydrogen (secondary N) is 2. The normalized spacial score (nSPS) is 19.9. The summed E-state index contributed by atoms with van der Waals surface area (Å²) in [5, 5.41) is 5.98. The van der Waals surface area contributed by atoms with Crippen molar-refractivity contribution in [1.82, 2.24) is 14.9 Å². The SMILES string of the molecule is COc1ccc(S(=O)(=O)N2CCC(NC(=O)NCC3CCCCC3)CC2)cc1. The van der Waals surface area contributed by atoms with Crippen molar-refractivity contribution in [3.05, 3.63) is 24.3 Å². The predicted molar refractivity (Wildman–Crippen MR) is 108 cm³/mol. The molecule has 0 unspecified atom stereocenters. The number of hydrogen-bond acceptors (Lipinski definition) is 4. The molecule has 1 aromatic rings. The topological polar surface area (TPSA) is 87.7 Å². The van der Waals surface area contributed by atoms with E-state index in [2.05, 4.69) is 10.6 Å². The van der Waals surface area contributed by atoms with E-state index in [1.54, 1.807) is 31.4 Å². The summed E-state index contributed by atoms with van der Waals surface area (Å²) in [6.07, 6.45) is 7.45. The van der Waals surface area contributed by atoms with E-state index in [0.717, 1.165) is 6.54 Å². The molecule has 0 spiro atoms. The molecule has 0 aromatic heterocycles. The van der Waals surface area contributed by atoms with Gasteiger partial charge >= 0.3 is 6.03 Å². The molecule has 28 heavy (non-hydrogen) atoms. The number of piperidine rings is 1. The maximum atomic E-state index is 12.8. The molecule has 2 N–H and O–H groups in total. The molecule has 2 amide bonds. The highest BCUT2D eigenvalue weighted by Gasteiger charge is 2.30. The monoisotopic (exact) mass is 409 g/mol. The number of urea groups is 1. The Hall–Kier alpha value is -1.80. The van der Waals surface area contributed by atoms with Gasteiger partial charge in [0.05, 0.1) is 12.0 Å². The quantitative estimate of drug-likeness (QED) is 0.756. The van der Waals surface area contributed by atoms with Crippen LogP contribution in [0.25, 0.3) is 0 Å². The van der Waals surface area contributed by atoms with E-state index < -0.39 is 10.0 Å². The second-order valence-corrected chi connectivity index (χ2v) is 9.65. The summed E-state index contributed by atoms with van der Waals surface area (Å²) in [5.41, 5.74) is 0. The minimum absolute atomic E-state index is 0.00803. The highest BCUT2D eigenvalue weighted by atomic mass is 32.2. The molecule has 0 radical (unpaired) electrons. The minimum atomic E-state index is -3.51. The average molecular weight is 410 g/mol. The number of rotatable bonds is 6. The van der Waals surface area contributed by atoms with Gasteiger partial charge in [-0.05, 0) is 55.9 Å². The smallest absolute Gasteiger partial charge is 0.315 e. The number of carbonyl (C=O) groups excluding carboxylic acids is 1. The van der Waals surface area contributed by atoms with Crippen LogP contribution in [0.2, 0.25) is 0 Å². The van der Waals surface area contributed by atoms with Gasteiger partial charge in [-0.3, -0.25) is 0 Å². The minimum Gasteiger partial charge on any atom is -0.497 e. The molecule has 2 fully saturated rings. The highest BCUT2D eigenvalue weighted by Crippen LogP contribution is 2.24. The van der Waals surface area contributed by atoms with Gasteiger partial charge in [0.1, 0.15) is 5.75 Å². The number of nitrogens with zero attached hydrogens (tertiary/aromatic N) is 1. The molecule has 156 valence electrons. The van der Waals surface area contributed by atoms with E-state index in [-0.39, 0.29) is 17.0 Å². The highest BCUT2D eigenvalue weighted by molar-refractivity contribution is 7.89. The van der Waals surface area contributed by atoms with Crippen molar-refractivity contribution in [2.75, 3.05) is 26.7 Å². The van der Waals surface area contributed by atoms with E-state index in [1.165, 1.54) is 36.4 Å². The lowest BCUT2D eigenvalue weighted by Gasteiger charge is -2.32. The Morgan fingerprint density at radius 2 is 1.71 bits per heavy atom. The van der Waals surface area contributed by atoms with E-state index in [4.69, 9.17) is 4.74 Å². The van der Waals surface area contributed by atoms with E-state index in [1.807, 2.05) is 0 Å². The molecule has 3 rings (SSSR count). The van der Waals surface area contributed by atoms with Crippen LogP contribution < -0.4 is 15.4 Å². The fourth-order valence-electron chi connectivity index (χ4n) is 4.00. The van der Waals surface area contributed by atoms with Crippen LogP contribution in [0, 0.1) is 5.92 Å². The molecule has 1 aromatic carbocycles. The second-order valence-electron chi connectivity index (χ2n) is 7.71. The Kier molecular flexibility index (Phi) is 7.18. The van der Waals surface area contributed by atoms with Crippen LogP contribution in [0.15, 0.2) is 29.2 Å². The lowest BCUT2D eigenvalue weighted by molar-refractivity contribution is 0.223. The summed E-state index contributed by atoms with van der Waals surface area (Å²) >= 11 is 0. The first-order valence-corrected chi connectivity index (χ1v) is 11.6. The molecule has 0 atom stereocenters. The van der Waals surface area contributed by atoms with Crippen molar-refractivity contribution < 1.29 is 17.9 Å². The van der Waals surface area contributed by atoms with Crippen LogP contribution >= 0.6 is 0 Å². The van der Waals surface area contributed by atoms with Gasteiger partial charge in [0.25, 0.3) is 0 Å². The Balaban J connectivity index is 1.44. The first kappa shape index (κ1) is 20.9. The van der Waals surface area contributed by atoms with Gasteiger partial charge in [-0.15, -0.1) is 0 Å².